The molecule has 2 heterocycles. The second-order valence-corrected chi connectivity index (χ2v) is 7.17. The van der Waals surface area contributed by atoms with Gasteiger partial charge >= 0.3 is 0 Å². The van der Waals surface area contributed by atoms with Crippen LogP contribution in [-0.2, 0) is 19.3 Å². The third kappa shape index (κ3) is 3.68. The molecule has 4 rings (SSSR count). The molecule has 1 aromatic heterocycles. The molecule has 0 saturated carbocycles. The highest BCUT2D eigenvalue weighted by atomic mass is 15.2. The zero-order valence-corrected chi connectivity index (χ0v) is 14.4. The molecule has 0 spiro atoms. The van der Waals surface area contributed by atoms with E-state index in [0.717, 1.165) is 19.0 Å². The Morgan fingerprint density at radius 3 is 2.50 bits per heavy atom. The first-order valence-corrected chi connectivity index (χ1v) is 9.30. The van der Waals surface area contributed by atoms with E-state index in [1.807, 2.05) is 18.5 Å². The van der Waals surface area contributed by atoms with Crippen LogP contribution in [0.3, 0.4) is 0 Å². The number of fused-ring (bicyclic) bond motifs is 1. The van der Waals surface area contributed by atoms with Crippen LogP contribution in [0.25, 0.3) is 0 Å². The summed E-state index contributed by atoms with van der Waals surface area (Å²) in [7, 11) is 0. The molecular weight excluding hydrogens is 294 g/mol. The van der Waals surface area contributed by atoms with Crippen LogP contribution in [0.4, 0.5) is 0 Å². The Bertz CT molecular complexity index is 630. The summed E-state index contributed by atoms with van der Waals surface area (Å²) < 4.78 is 0. The quantitative estimate of drug-likeness (QED) is 0.863. The van der Waals surface area contributed by atoms with Gasteiger partial charge in [-0.1, -0.05) is 30.3 Å². The monoisotopic (exact) mass is 321 g/mol. The average molecular weight is 321 g/mol. The minimum atomic E-state index is 0.723. The van der Waals surface area contributed by atoms with Crippen molar-refractivity contribution >= 4 is 0 Å². The molecule has 1 aliphatic heterocycles. The Morgan fingerprint density at radius 1 is 0.917 bits per heavy atom. The van der Waals surface area contributed by atoms with E-state index in [1.165, 1.54) is 51.0 Å². The highest BCUT2D eigenvalue weighted by Gasteiger charge is 2.27. The Kier molecular flexibility index (Phi) is 4.91. The van der Waals surface area contributed by atoms with E-state index in [0.29, 0.717) is 0 Å². The van der Waals surface area contributed by atoms with Crippen LogP contribution in [0.5, 0.6) is 0 Å². The van der Waals surface area contributed by atoms with Gasteiger partial charge in [-0.25, -0.2) is 0 Å². The zero-order valence-electron chi connectivity index (χ0n) is 14.4. The molecule has 0 bridgehead atoms. The molecule has 0 amide bonds. The van der Waals surface area contributed by atoms with Crippen LogP contribution in [0.15, 0.2) is 48.8 Å². The molecule has 2 aliphatic rings. The fourth-order valence-electron chi connectivity index (χ4n) is 4.21. The second-order valence-electron chi connectivity index (χ2n) is 7.17. The maximum Gasteiger partial charge on any atom is 0.0300 e. The van der Waals surface area contributed by atoms with Crippen LogP contribution < -0.4 is 0 Å². The Hall–Kier alpha value is -1.71. The van der Waals surface area contributed by atoms with E-state index in [4.69, 9.17) is 0 Å². The van der Waals surface area contributed by atoms with Crippen molar-refractivity contribution in [1.82, 2.24) is 14.8 Å². The summed E-state index contributed by atoms with van der Waals surface area (Å²) in [6, 6.07) is 13.9. The van der Waals surface area contributed by atoms with Gasteiger partial charge in [0.05, 0.1) is 0 Å². The first-order valence-electron chi connectivity index (χ1n) is 9.30. The number of hydrogen-bond donors (Lipinski definition) is 0. The summed E-state index contributed by atoms with van der Waals surface area (Å²) in [5, 5.41) is 0. The van der Waals surface area contributed by atoms with Gasteiger partial charge in [0.1, 0.15) is 0 Å². The van der Waals surface area contributed by atoms with Gasteiger partial charge in [-0.2, -0.15) is 0 Å². The molecular formula is C21H27N3. The lowest BCUT2D eigenvalue weighted by molar-refractivity contribution is 0.203. The van der Waals surface area contributed by atoms with Gasteiger partial charge in [-0.15, -0.1) is 0 Å². The lowest BCUT2D eigenvalue weighted by atomic mass is 10.1. The minimum absolute atomic E-state index is 0.723. The van der Waals surface area contributed by atoms with Crippen molar-refractivity contribution in [2.24, 2.45) is 0 Å². The van der Waals surface area contributed by atoms with Crippen LogP contribution in [0.1, 0.15) is 23.1 Å². The van der Waals surface area contributed by atoms with Crippen molar-refractivity contribution in [2.75, 3.05) is 32.7 Å². The van der Waals surface area contributed by atoms with Crippen LogP contribution >= 0.6 is 0 Å². The van der Waals surface area contributed by atoms with Crippen molar-refractivity contribution in [3.63, 3.8) is 0 Å². The highest BCUT2D eigenvalue weighted by molar-refractivity contribution is 5.33. The van der Waals surface area contributed by atoms with Crippen LogP contribution in [0, 0.1) is 0 Å². The van der Waals surface area contributed by atoms with E-state index in [1.54, 1.807) is 11.1 Å². The summed E-state index contributed by atoms with van der Waals surface area (Å²) in [5.41, 5.74) is 4.49. The largest absolute Gasteiger partial charge is 0.302 e. The van der Waals surface area contributed by atoms with Crippen molar-refractivity contribution in [3.8, 4) is 0 Å². The van der Waals surface area contributed by atoms with E-state index in [2.05, 4.69) is 45.1 Å². The Labute approximate surface area is 145 Å². The van der Waals surface area contributed by atoms with Crippen molar-refractivity contribution in [1.29, 1.82) is 0 Å². The van der Waals surface area contributed by atoms with Gasteiger partial charge in [0.15, 0.2) is 0 Å². The predicted octanol–water partition coefficient (Wildman–Crippen LogP) is 2.80. The lowest BCUT2D eigenvalue weighted by Crippen LogP contribution is -2.39. The Balaban J connectivity index is 1.29. The minimum Gasteiger partial charge on any atom is -0.302 e. The molecule has 24 heavy (non-hydrogen) atoms. The van der Waals surface area contributed by atoms with Gasteiger partial charge in [-0.05, 0) is 61.5 Å². The van der Waals surface area contributed by atoms with Gasteiger partial charge in [-0.3, -0.25) is 9.88 Å². The molecule has 2 aromatic rings. The SMILES string of the molecule is c1cncc(CCN2CCCN(C3Cc4ccccc4C3)CC2)c1. The molecule has 0 N–H and O–H groups in total. The van der Waals surface area contributed by atoms with E-state index < -0.39 is 0 Å². The Morgan fingerprint density at radius 2 is 1.75 bits per heavy atom. The fraction of sp³-hybridized carbons (Fsp3) is 0.476. The first-order chi connectivity index (χ1) is 11.9. The summed E-state index contributed by atoms with van der Waals surface area (Å²) in [4.78, 5) is 9.60. The van der Waals surface area contributed by atoms with Gasteiger partial charge in [0.25, 0.3) is 0 Å². The third-order valence-corrected chi connectivity index (χ3v) is 5.61. The maximum atomic E-state index is 4.22. The topological polar surface area (TPSA) is 19.4 Å². The number of aromatic nitrogens is 1. The van der Waals surface area contributed by atoms with Crippen molar-refractivity contribution < 1.29 is 0 Å². The molecule has 1 saturated heterocycles. The molecule has 1 aliphatic carbocycles. The molecule has 1 aromatic carbocycles. The molecule has 1 fully saturated rings. The van der Waals surface area contributed by atoms with E-state index in [-0.39, 0.29) is 0 Å². The van der Waals surface area contributed by atoms with Crippen LogP contribution in [-0.4, -0.2) is 53.5 Å². The number of hydrogen-bond acceptors (Lipinski definition) is 3. The van der Waals surface area contributed by atoms with Crippen LogP contribution in [0.2, 0.25) is 0 Å². The fourth-order valence-corrected chi connectivity index (χ4v) is 4.21. The molecule has 0 radical (unpaired) electrons. The molecule has 3 nitrogen and oxygen atoms in total. The number of rotatable bonds is 4. The summed E-state index contributed by atoms with van der Waals surface area (Å²) in [6.45, 7) is 6.06. The summed E-state index contributed by atoms with van der Waals surface area (Å²) >= 11 is 0. The lowest BCUT2D eigenvalue weighted by Gasteiger charge is -2.27. The molecule has 126 valence electrons. The normalized spacial score (nSPS) is 20.0. The molecule has 0 atom stereocenters. The highest BCUT2D eigenvalue weighted by Crippen LogP contribution is 2.26. The number of benzene rings is 1. The van der Waals surface area contributed by atoms with E-state index >= 15 is 0 Å². The number of nitrogens with zero attached hydrogens (tertiary/aromatic N) is 3. The van der Waals surface area contributed by atoms with Gasteiger partial charge in [0.2, 0.25) is 0 Å². The van der Waals surface area contributed by atoms with Gasteiger partial charge in [0, 0.05) is 38.1 Å². The summed E-state index contributed by atoms with van der Waals surface area (Å²) in [6.07, 6.45) is 8.74. The molecule has 3 heteroatoms. The average Bonchev–Trinajstić information content (AvgIpc) is 2.92. The van der Waals surface area contributed by atoms with E-state index in [9.17, 15) is 0 Å². The zero-order chi connectivity index (χ0) is 16.2. The number of pyridine rings is 1. The third-order valence-electron chi connectivity index (χ3n) is 5.61. The second kappa shape index (κ2) is 7.45. The standard InChI is InChI=1S/C21H27N3/c1-2-7-20-16-21(15-19(20)6-1)24-11-4-10-23(13-14-24)12-8-18-5-3-9-22-17-18/h1-3,5-7,9,17,21H,4,8,10-16H2. The van der Waals surface area contributed by atoms with Gasteiger partial charge < -0.3 is 4.90 Å². The predicted molar refractivity (Wildman–Crippen MR) is 98.2 cm³/mol. The first kappa shape index (κ1) is 15.8. The summed E-state index contributed by atoms with van der Waals surface area (Å²) in [5.74, 6) is 0. The maximum absolute atomic E-state index is 4.22. The smallest absolute Gasteiger partial charge is 0.0300 e. The van der Waals surface area contributed by atoms with Crippen molar-refractivity contribution in [3.05, 3.63) is 65.5 Å². The van der Waals surface area contributed by atoms with Crippen molar-refractivity contribution in [2.45, 2.75) is 31.7 Å². The molecule has 0 unspecified atom stereocenters.